The first-order valence-corrected chi connectivity index (χ1v) is 5.95. The molecule has 2 heterocycles. The van der Waals surface area contributed by atoms with Gasteiger partial charge in [0.15, 0.2) is 0 Å². The van der Waals surface area contributed by atoms with Crippen LogP contribution in [0.3, 0.4) is 0 Å². The van der Waals surface area contributed by atoms with Crippen LogP contribution in [0.2, 0.25) is 5.02 Å². The summed E-state index contributed by atoms with van der Waals surface area (Å²) in [7, 11) is 1.87. The molecule has 16 heavy (non-hydrogen) atoms. The van der Waals surface area contributed by atoms with E-state index in [-0.39, 0.29) is 6.04 Å². The number of hydrogen-bond acceptors (Lipinski definition) is 5. The first kappa shape index (κ1) is 11.5. The number of aromatic nitrogens is 4. The predicted octanol–water partition coefficient (Wildman–Crippen LogP) is 1.48. The summed E-state index contributed by atoms with van der Waals surface area (Å²) in [6.45, 7) is 1.88. The van der Waals surface area contributed by atoms with Gasteiger partial charge in [0.2, 0.25) is 0 Å². The van der Waals surface area contributed by atoms with Crippen LogP contribution in [0.5, 0.6) is 0 Å². The first-order valence-electron chi connectivity index (χ1n) is 4.80. The first-order chi connectivity index (χ1) is 7.59. The molecular formula is C9H12ClN5S. The summed E-state index contributed by atoms with van der Waals surface area (Å²) in [5.41, 5.74) is 7.82. The van der Waals surface area contributed by atoms with Crippen LogP contribution in [0.15, 0.2) is 6.20 Å². The normalized spacial score (nSPS) is 13.0. The molecule has 0 saturated heterocycles. The topological polar surface area (TPSA) is 69.6 Å². The van der Waals surface area contributed by atoms with E-state index in [0.29, 0.717) is 11.4 Å². The van der Waals surface area contributed by atoms with Crippen LogP contribution in [-0.2, 0) is 13.5 Å². The van der Waals surface area contributed by atoms with Gasteiger partial charge >= 0.3 is 0 Å². The summed E-state index contributed by atoms with van der Waals surface area (Å²) in [6, 6.07) is -0.132. The van der Waals surface area contributed by atoms with Crippen molar-refractivity contribution < 1.29 is 0 Å². The van der Waals surface area contributed by atoms with E-state index in [1.165, 1.54) is 11.5 Å². The van der Waals surface area contributed by atoms with Gasteiger partial charge in [0.25, 0.3) is 0 Å². The maximum atomic E-state index is 6.15. The third-order valence-corrected chi connectivity index (χ3v) is 3.71. The van der Waals surface area contributed by atoms with Crippen LogP contribution < -0.4 is 5.73 Å². The summed E-state index contributed by atoms with van der Waals surface area (Å²) in [6.07, 6.45) is 2.33. The molecule has 1 unspecified atom stereocenters. The Labute approximate surface area is 102 Å². The molecule has 0 amide bonds. The smallest absolute Gasteiger partial charge is 0.0847 e. The molecule has 1 atom stereocenters. The highest BCUT2D eigenvalue weighted by Crippen LogP contribution is 2.25. The van der Waals surface area contributed by atoms with Crippen LogP contribution in [-0.4, -0.2) is 19.4 Å². The van der Waals surface area contributed by atoms with E-state index in [1.807, 2.05) is 14.0 Å². The Balaban J connectivity index is 2.21. The molecule has 0 bridgehead atoms. The third-order valence-electron chi connectivity index (χ3n) is 2.42. The minimum absolute atomic E-state index is 0.132. The predicted molar refractivity (Wildman–Crippen MR) is 63.5 cm³/mol. The summed E-state index contributed by atoms with van der Waals surface area (Å²) >= 11 is 7.46. The second kappa shape index (κ2) is 4.48. The summed E-state index contributed by atoms with van der Waals surface area (Å²) in [4.78, 5) is 0.954. The molecule has 0 aliphatic carbocycles. The van der Waals surface area contributed by atoms with Crippen molar-refractivity contribution in [3.8, 4) is 0 Å². The van der Waals surface area contributed by atoms with Gasteiger partial charge in [0.1, 0.15) is 0 Å². The van der Waals surface area contributed by atoms with E-state index in [2.05, 4.69) is 14.7 Å². The maximum Gasteiger partial charge on any atom is 0.0847 e. The van der Waals surface area contributed by atoms with Gasteiger partial charge in [-0.2, -0.15) is 5.10 Å². The molecule has 2 N–H and O–H groups in total. The minimum Gasteiger partial charge on any atom is -0.323 e. The molecule has 7 heteroatoms. The standard InChI is InChI=1S/C9H12ClN5S/c1-5-9(10)7(15(2)13-5)3-6(11)8-4-12-14-16-8/h4,6H,3,11H2,1-2H3. The van der Waals surface area contributed by atoms with Gasteiger partial charge in [-0.1, -0.05) is 16.1 Å². The monoisotopic (exact) mass is 257 g/mol. The van der Waals surface area contributed by atoms with Crippen molar-refractivity contribution in [1.29, 1.82) is 0 Å². The van der Waals surface area contributed by atoms with Gasteiger partial charge in [0, 0.05) is 19.5 Å². The van der Waals surface area contributed by atoms with Crippen molar-refractivity contribution in [2.24, 2.45) is 12.8 Å². The van der Waals surface area contributed by atoms with Gasteiger partial charge in [-0.15, -0.1) is 5.10 Å². The van der Waals surface area contributed by atoms with Gasteiger partial charge in [-0.05, 0) is 18.5 Å². The summed E-state index contributed by atoms with van der Waals surface area (Å²) in [5.74, 6) is 0. The molecule has 2 aromatic heterocycles. The largest absolute Gasteiger partial charge is 0.323 e. The second-order valence-corrected chi connectivity index (χ2v) is 4.80. The molecule has 2 rings (SSSR count). The number of rotatable bonds is 3. The molecule has 0 aliphatic rings. The molecule has 0 aliphatic heterocycles. The van der Waals surface area contributed by atoms with Gasteiger partial charge in [-0.25, -0.2) is 0 Å². The second-order valence-electron chi connectivity index (χ2n) is 3.60. The van der Waals surface area contributed by atoms with Crippen LogP contribution >= 0.6 is 23.1 Å². The molecule has 0 radical (unpaired) electrons. The quantitative estimate of drug-likeness (QED) is 0.904. The molecule has 0 aromatic carbocycles. The van der Waals surface area contributed by atoms with Gasteiger partial charge in [-0.3, -0.25) is 4.68 Å². The fourth-order valence-electron chi connectivity index (χ4n) is 1.55. The zero-order valence-corrected chi connectivity index (χ0v) is 10.6. The highest BCUT2D eigenvalue weighted by Gasteiger charge is 2.16. The van der Waals surface area contributed by atoms with E-state index in [1.54, 1.807) is 10.9 Å². The van der Waals surface area contributed by atoms with E-state index >= 15 is 0 Å². The highest BCUT2D eigenvalue weighted by atomic mass is 35.5. The fraction of sp³-hybridized carbons (Fsp3) is 0.444. The Morgan fingerprint density at radius 3 is 2.88 bits per heavy atom. The van der Waals surface area contributed by atoms with Crippen LogP contribution in [0, 0.1) is 6.92 Å². The lowest BCUT2D eigenvalue weighted by Gasteiger charge is -2.08. The number of hydrogen-bond donors (Lipinski definition) is 1. The fourth-order valence-corrected chi connectivity index (χ4v) is 2.29. The van der Waals surface area contributed by atoms with E-state index < -0.39 is 0 Å². The molecule has 86 valence electrons. The summed E-state index contributed by atoms with van der Waals surface area (Å²) < 4.78 is 5.56. The molecule has 5 nitrogen and oxygen atoms in total. The Kier molecular flexibility index (Phi) is 3.22. The van der Waals surface area contributed by atoms with Crippen molar-refractivity contribution >= 4 is 23.1 Å². The molecule has 0 saturated carbocycles. The van der Waals surface area contributed by atoms with Crippen molar-refractivity contribution in [2.75, 3.05) is 0 Å². The lowest BCUT2D eigenvalue weighted by atomic mass is 10.1. The minimum atomic E-state index is -0.132. The van der Waals surface area contributed by atoms with Crippen LogP contribution in [0.25, 0.3) is 0 Å². The SMILES string of the molecule is Cc1nn(C)c(CC(N)c2cnns2)c1Cl. The number of halogens is 1. The molecule has 0 spiro atoms. The number of aryl methyl sites for hydroxylation is 2. The van der Waals surface area contributed by atoms with Crippen molar-refractivity contribution in [2.45, 2.75) is 19.4 Å². The van der Waals surface area contributed by atoms with Crippen molar-refractivity contribution in [3.63, 3.8) is 0 Å². The average molecular weight is 258 g/mol. The Bertz CT molecular complexity index is 478. The van der Waals surface area contributed by atoms with Crippen molar-refractivity contribution in [1.82, 2.24) is 19.4 Å². The lowest BCUT2D eigenvalue weighted by Crippen LogP contribution is -2.14. The molecule has 2 aromatic rings. The number of nitrogens with zero attached hydrogens (tertiary/aromatic N) is 4. The summed E-state index contributed by atoms with van der Waals surface area (Å²) in [5, 5.41) is 8.70. The lowest BCUT2D eigenvalue weighted by molar-refractivity contribution is 0.645. The van der Waals surface area contributed by atoms with E-state index in [4.69, 9.17) is 17.3 Å². The number of nitrogens with two attached hydrogens (primary N) is 1. The molecular weight excluding hydrogens is 246 g/mol. The van der Waals surface area contributed by atoms with Crippen LogP contribution in [0.4, 0.5) is 0 Å². The molecule has 0 fully saturated rings. The van der Waals surface area contributed by atoms with E-state index in [0.717, 1.165) is 16.3 Å². The Hall–Kier alpha value is -0.980. The Morgan fingerprint density at radius 2 is 2.38 bits per heavy atom. The zero-order chi connectivity index (χ0) is 11.7. The van der Waals surface area contributed by atoms with Gasteiger partial charge in [0.05, 0.1) is 27.5 Å². The van der Waals surface area contributed by atoms with Crippen molar-refractivity contribution in [3.05, 3.63) is 27.5 Å². The van der Waals surface area contributed by atoms with Gasteiger partial charge < -0.3 is 5.73 Å². The van der Waals surface area contributed by atoms with Crippen LogP contribution in [0.1, 0.15) is 22.3 Å². The maximum absolute atomic E-state index is 6.15. The zero-order valence-electron chi connectivity index (χ0n) is 9.01. The highest BCUT2D eigenvalue weighted by molar-refractivity contribution is 7.05. The average Bonchev–Trinajstić information content (AvgIpc) is 2.83. The van der Waals surface area contributed by atoms with E-state index in [9.17, 15) is 0 Å². The Morgan fingerprint density at radius 1 is 1.62 bits per heavy atom. The third kappa shape index (κ3) is 2.09.